The number of ether oxygens (including phenoxy) is 2. The first kappa shape index (κ1) is 12.5. The summed E-state index contributed by atoms with van der Waals surface area (Å²) in [5, 5.41) is 0. The van der Waals surface area contributed by atoms with Crippen molar-refractivity contribution in [1.29, 1.82) is 0 Å². The van der Waals surface area contributed by atoms with E-state index < -0.39 is 0 Å². The minimum absolute atomic E-state index is 0.107. The predicted molar refractivity (Wildman–Crippen MR) is 78.9 cm³/mol. The van der Waals surface area contributed by atoms with Crippen molar-refractivity contribution < 1.29 is 9.47 Å². The Kier molecular flexibility index (Phi) is 3.47. The van der Waals surface area contributed by atoms with Gasteiger partial charge in [-0.1, -0.05) is 40.2 Å². The molecule has 0 radical (unpaired) electrons. The normalized spacial score (nSPS) is 16.8. The third-order valence-electron chi connectivity index (χ3n) is 3.29. The molecule has 3 rings (SSSR count). The smallest absolute Gasteiger partial charge is 0.137 e. The topological polar surface area (TPSA) is 18.5 Å². The molecule has 2 nitrogen and oxygen atoms in total. The first-order valence-corrected chi connectivity index (χ1v) is 7.15. The summed E-state index contributed by atoms with van der Waals surface area (Å²) in [6, 6.07) is 14.2. The number of hydrogen-bond acceptors (Lipinski definition) is 2. The highest BCUT2D eigenvalue weighted by atomic mass is 79.9. The summed E-state index contributed by atoms with van der Waals surface area (Å²) >= 11 is 3.46. The van der Waals surface area contributed by atoms with Crippen molar-refractivity contribution in [1.82, 2.24) is 0 Å². The molecular formula is C16H15BrO2. The second kappa shape index (κ2) is 5.25. The predicted octanol–water partition coefficient (Wildman–Crippen LogP) is 4.14. The van der Waals surface area contributed by atoms with Gasteiger partial charge in [-0.05, 0) is 36.2 Å². The van der Waals surface area contributed by atoms with Crippen LogP contribution in [0.4, 0.5) is 0 Å². The Balaban J connectivity index is 1.64. The van der Waals surface area contributed by atoms with Crippen LogP contribution in [-0.2, 0) is 6.42 Å². The van der Waals surface area contributed by atoms with Crippen molar-refractivity contribution in [2.24, 2.45) is 0 Å². The lowest BCUT2D eigenvalue weighted by Gasteiger charge is -2.14. The van der Waals surface area contributed by atoms with Gasteiger partial charge in [-0.2, -0.15) is 0 Å². The standard InChI is InChI=1S/C16H15BrO2/c1-11-6-7-13(17)9-16(11)18-10-14-8-12-4-2-3-5-15(12)19-14/h2-7,9,14H,8,10H2,1H3. The summed E-state index contributed by atoms with van der Waals surface area (Å²) < 4.78 is 12.8. The van der Waals surface area contributed by atoms with Crippen LogP contribution in [-0.4, -0.2) is 12.7 Å². The molecule has 0 saturated heterocycles. The number of fused-ring (bicyclic) bond motifs is 1. The Hall–Kier alpha value is -1.48. The van der Waals surface area contributed by atoms with Gasteiger partial charge in [0.05, 0.1) is 0 Å². The second-order valence-corrected chi connectivity index (χ2v) is 5.69. The molecule has 1 unspecified atom stereocenters. The van der Waals surface area contributed by atoms with Crippen molar-refractivity contribution in [2.45, 2.75) is 19.4 Å². The van der Waals surface area contributed by atoms with Crippen LogP contribution in [0, 0.1) is 6.92 Å². The van der Waals surface area contributed by atoms with Gasteiger partial charge in [0.15, 0.2) is 0 Å². The molecule has 1 aliphatic heterocycles. The molecule has 3 heteroatoms. The van der Waals surface area contributed by atoms with Gasteiger partial charge in [0.2, 0.25) is 0 Å². The molecule has 0 spiro atoms. The largest absolute Gasteiger partial charge is 0.489 e. The van der Waals surface area contributed by atoms with E-state index in [4.69, 9.17) is 9.47 Å². The van der Waals surface area contributed by atoms with E-state index in [0.29, 0.717) is 6.61 Å². The lowest BCUT2D eigenvalue weighted by molar-refractivity contribution is 0.148. The van der Waals surface area contributed by atoms with Crippen LogP contribution in [0.25, 0.3) is 0 Å². The van der Waals surface area contributed by atoms with E-state index >= 15 is 0 Å². The van der Waals surface area contributed by atoms with Crippen LogP contribution in [0.15, 0.2) is 46.9 Å². The van der Waals surface area contributed by atoms with Crippen LogP contribution in [0.1, 0.15) is 11.1 Å². The molecule has 0 N–H and O–H groups in total. The molecule has 2 aromatic rings. The SMILES string of the molecule is Cc1ccc(Br)cc1OCC1Cc2ccccc2O1. The first-order chi connectivity index (χ1) is 9.22. The van der Waals surface area contributed by atoms with E-state index in [1.54, 1.807) is 0 Å². The maximum Gasteiger partial charge on any atom is 0.137 e. The molecule has 2 aromatic carbocycles. The Labute approximate surface area is 121 Å². The molecular weight excluding hydrogens is 304 g/mol. The number of aryl methyl sites for hydroxylation is 1. The van der Waals surface area contributed by atoms with Crippen molar-refractivity contribution in [3.63, 3.8) is 0 Å². The van der Waals surface area contributed by atoms with E-state index in [2.05, 4.69) is 22.0 Å². The van der Waals surface area contributed by atoms with Crippen molar-refractivity contribution >= 4 is 15.9 Å². The fourth-order valence-electron chi connectivity index (χ4n) is 2.26. The van der Waals surface area contributed by atoms with Crippen molar-refractivity contribution in [3.8, 4) is 11.5 Å². The van der Waals surface area contributed by atoms with Crippen LogP contribution >= 0.6 is 15.9 Å². The van der Waals surface area contributed by atoms with Gasteiger partial charge >= 0.3 is 0 Å². The molecule has 0 saturated carbocycles. The van der Waals surface area contributed by atoms with E-state index in [-0.39, 0.29) is 6.10 Å². The molecule has 0 bridgehead atoms. The molecule has 98 valence electrons. The van der Waals surface area contributed by atoms with Crippen LogP contribution in [0.2, 0.25) is 0 Å². The highest BCUT2D eigenvalue weighted by molar-refractivity contribution is 9.10. The van der Waals surface area contributed by atoms with Crippen LogP contribution < -0.4 is 9.47 Å². The summed E-state index contributed by atoms with van der Waals surface area (Å²) in [6.07, 6.45) is 1.03. The zero-order valence-electron chi connectivity index (χ0n) is 10.7. The average Bonchev–Trinajstić information content (AvgIpc) is 2.82. The van der Waals surface area contributed by atoms with Crippen molar-refractivity contribution in [3.05, 3.63) is 58.1 Å². The fraction of sp³-hybridized carbons (Fsp3) is 0.250. The van der Waals surface area contributed by atoms with Gasteiger partial charge in [-0.15, -0.1) is 0 Å². The van der Waals surface area contributed by atoms with Gasteiger partial charge in [-0.25, -0.2) is 0 Å². The molecule has 19 heavy (non-hydrogen) atoms. The zero-order chi connectivity index (χ0) is 13.2. The maximum absolute atomic E-state index is 5.88. The second-order valence-electron chi connectivity index (χ2n) is 4.77. The average molecular weight is 319 g/mol. The Morgan fingerprint density at radius 2 is 2.11 bits per heavy atom. The summed E-state index contributed by atoms with van der Waals surface area (Å²) in [5.41, 5.74) is 2.40. The number of para-hydroxylation sites is 1. The first-order valence-electron chi connectivity index (χ1n) is 6.36. The van der Waals surface area contributed by atoms with Gasteiger partial charge in [0.25, 0.3) is 0 Å². The molecule has 0 aromatic heterocycles. The number of rotatable bonds is 3. The lowest BCUT2D eigenvalue weighted by Crippen LogP contribution is -2.22. The number of benzene rings is 2. The summed E-state index contributed by atoms with van der Waals surface area (Å²) in [7, 11) is 0. The Bertz CT molecular complexity index is 570. The summed E-state index contributed by atoms with van der Waals surface area (Å²) in [4.78, 5) is 0. The van der Waals surface area contributed by atoms with Gasteiger partial charge in [0, 0.05) is 10.9 Å². The fourth-order valence-corrected chi connectivity index (χ4v) is 2.60. The highest BCUT2D eigenvalue weighted by Gasteiger charge is 2.22. The Morgan fingerprint density at radius 3 is 2.95 bits per heavy atom. The van der Waals surface area contributed by atoms with Gasteiger partial charge in [-0.3, -0.25) is 0 Å². The third-order valence-corrected chi connectivity index (χ3v) is 3.78. The van der Waals surface area contributed by atoms with Gasteiger partial charge < -0.3 is 9.47 Å². The molecule has 0 amide bonds. The highest BCUT2D eigenvalue weighted by Crippen LogP contribution is 2.29. The van der Waals surface area contributed by atoms with Crippen LogP contribution in [0.5, 0.6) is 11.5 Å². The molecule has 1 atom stereocenters. The Morgan fingerprint density at radius 1 is 1.26 bits per heavy atom. The molecule has 0 aliphatic carbocycles. The number of halogens is 1. The summed E-state index contributed by atoms with van der Waals surface area (Å²) in [6.45, 7) is 2.62. The lowest BCUT2D eigenvalue weighted by atomic mass is 10.1. The summed E-state index contributed by atoms with van der Waals surface area (Å²) in [5.74, 6) is 1.90. The minimum atomic E-state index is 0.107. The zero-order valence-corrected chi connectivity index (χ0v) is 12.3. The van der Waals surface area contributed by atoms with E-state index in [1.807, 2.05) is 43.3 Å². The van der Waals surface area contributed by atoms with Gasteiger partial charge in [0.1, 0.15) is 24.2 Å². The monoisotopic (exact) mass is 318 g/mol. The van der Waals surface area contributed by atoms with E-state index in [1.165, 1.54) is 5.56 Å². The molecule has 1 aliphatic rings. The van der Waals surface area contributed by atoms with Crippen LogP contribution in [0.3, 0.4) is 0 Å². The van der Waals surface area contributed by atoms with E-state index in [0.717, 1.165) is 28.0 Å². The maximum atomic E-state index is 5.88. The third kappa shape index (κ3) is 2.76. The van der Waals surface area contributed by atoms with E-state index in [9.17, 15) is 0 Å². The van der Waals surface area contributed by atoms with Crippen molar-refractivity contribution in [2.75, 3.05) is 6.61 Å². The quantitative estimate of drug-likeness (QED) is 0.846. The number of hydrogen-bond donors (Lipinski definition) is 0. The molecule has 1 heterocycles. The minimum Gasteiger partial charge on any atom is -0.489 e. The molecule has 0 fully saturated rings.